The van der Waals surface area contributed by atoms with E-state index in [0.717, 1.165) is 5.56 Å². The highest BCUT2D eigenvalue weighted by molar-refractivity contribution is 6.31. The minimum Gasteiger partial charge on any atom is -0.396 e. The smallest absolute Gasteiger partial charge is 0.223 e. The van der Waals surface area contributed by atoms with Gasteiger partial charge in [-0.3, -0.25) is 4.98 Å². The molecular formula is C17H20ClN5O3. The highest BCUT2D eigenvalue weighted by Gasteiger charge is 2.41. The van der Waals surface area contributed by atoms with E-state index in [-0.39, 0.29) is 17.7 Å². The number of aliphatic hydroxyl groups excluding tert-OH is 3. The Kier molecular flexibility index (Phi) is 5.67. The van der Waals surface area contributed by atoms with Crippen LogP contribution in [0.4, 0.5) is 11.8 Å². The molecule has 0 bridgehead atoms. The van der Waals surface area contributed by atoms with E-state index in [1.165, 1.54) is 0 Å². The van der Waals surface area contributed by atoms with Crippen molar-refractivity contribution in [2.24, 2.45) is 5.92 Å². The van der Waals surface area contributed by atoms with Crippen molar-refractivity contribution in [2.45, 2.75) is 24.7 Å². The molecule has 0 aromatic carbocycles. The first-order valence-electron chi connectivity index (χ1n) is 8.14. The van der Waals surface area contributed by atoms with Crippen LogP contribution in [0.5, 0.6) is 0 Å². The lowest BCUT2D eigenvalue weighted by molar-refractivity contribution is 0.00445. The molecule has 9 heteroatoms. The van der Waals surface area contributed by atoms with Crippen LogP contribution in [0.3, 0.4) is 0 Å². The van der Waals surface area contributed by atoms with Gasteiger partial charge in [-0.1, -0.05) is 23.7 Å². The SMILES string of the molecule is Nc1nc(Cl)c(/C=C/c2cccnc2)c(NC2C[C@H](CO)[C@@H](O)[C@H]2O)n1. The quantitative estimate of drug-likeness (QED) is 0.482. The monoisotopic (exact) mass is 377 g/mol. The molecule has 1 saturated carbocycles. The molecule has 8 nitrogen and oxygen atoms in total. The van der Waals surface area contributed by atoms with Gasteiger partial charge in [-0.15, -0.1) is 0 Å². The number of rotatable bonds is 5. The van der Waals surface area contributed by atoms with Crippen LogP contribution in [0.25, 0.3) is 12.2 Å². The fourth-order valence-electron chi connectivity index (χ4n) is 2.99. The molecule has 6 N–H and O–H groups in total. The number of hydrogen-bond acceptors (Lipinski definition) is 8. The van der Waals surface area contributed by atoms with Crippen molar-refractivity contribution in [1.82, 2.24) is 15.0 Å². The summed E-state index contributed by atoms with van der Waals surface area (Å²) in [7, 11) is 0. The molecule has 0 radical (unpaired) electrons. The van der Waals surface area contributed by atoms with E-state index in [1.54, 1.807) is 24.5 Å². The summed E-state index contributed by atoms with van der Waals surface area (Å²) in [6.45, 7) is -0.211. The van der Waals surface area contributed by atoms with Gasteiger partial charge in [0, 0.05) is 24.9 Å². The number of nitrogens with one attached hydrogen (secondary N) is 1. The summed E-state index contributed by atoms with van der Waals surface area (Å²) in [6.07, 6.45) is 5.22. The van der Waals surface area contributed by atoms with E-state index in [0.29, 0.717) is 17.8 Å². The minimum atomic E-state index is -1.04. The third-order valence-electron chi connectivity index (χ3n) is 4.40. The number of pyridine rings is 1. The predicted octanol–water partition coefficient (Wildman–Crippen LogP) is 0.792. The number of nitrogens with zero attached hydrogens (tertiary/aromatic N) is 3. The third kappa shape index (κ3) is 3.94. The topological polar surface area (TPSA) is 137 Å². The Labute approximate surface area is 155 Å². The second-order valence-electron chi connectivity index (χ2n) is 6.16. The lowest BCUT2D eigenvalue weighted by atomic mass is 10.1. The van der Waals surface area contributed by atoms with Crippen molar-refractivity contribution in [2.75, 3.05) is 17.7 Å². The number of anilines is 2. The molecule has 3 rings (SSSR count). The minimum absolute atomic E-state index is 0.0113. The number of aromatic nitrogens is 3. The summed E-state index contributed by atoms with van der Waals surface area (Å²) in [6, 6.07) is 3.19. The van der Waals surface area contributed by atoms with Crippen LogP contribution in [0.2, 0.25) is 5.15 Å². The molecular weight excluding hydrogens is 358 g/mol. The van der Waals surface area contributed by atoms with Crippen LogP contribution in [-0.4, -0.2) is 55.1 Å². The molecule has 2 aromatic heterocycles. The van der Waals surface area contributed by atoms with Crippen LogP contribution < -0.4 is 11.1 Å². The second-order valence-corrected chi connectivity index (χ2v) is 6.52. The molecule has 2 heterocycles. The Balaban J connectivity index is 1.88. The largest absolute Gasteiger partial charge is 0.396 e. The maximum Gasteiger partial charge on any atom is 0.223 e. The summed E-state index contributed by atoms with van der Waals surface area (Å²) in [5, 5.41) is 32.7. The molecule has 1 unspecified atom stereocenters. The van der Waals surface area contributed by atoms with Crippen molar-refractivity contribution in [3.8, 4) is 0 Å². The van der Waals surface area contributed by atoms with Gasteiger partial charge in [-0.2, -0.15) is 4.98 Å². The number of nitrogen functional groups attached to an aromatic ring is 1. The summed E-state index contributed by atoms with van der Waals surface area (Å²) < 4.78 is 0. The van der Waals surface area contributed by atoms with Crippen molar-refractivity contribution in [3.63, 3.8) is 0 Å². The predicted molar refractivity (Wildman–Crippen MR) is 99.2 cm³/mol. The molecule has 1 aliphatic carbocycles. The first-order chi connectivity index (χ1) is 12.5. The standard InChI is InChI=1S/C17H20ClN5O3/c18-15-11(4-3-9-2-1-5-20-7-9)16(23-17(19)22-15)21-12-6-10(8-24)13(25)14(12)26/h1-5,7,10,12-14,24-26H,6,8H2,(H3,19,21,22,23)/b4-3+/t10-,12?,13-,14+/m1/s1. The summed E-state index contributed by atoms with van der Waals surface area (Å²) in [5.74, 6) is -0.0770. The fourth-order valence-corrected chi connectivity index (χ4v) is 3.23. The van der Waals surface area contributed by atoms with Crippen LogP contribution in [0.15, 0.2) is 24.5 Å². The molecule has 26 heavy (non-hydrogen) atoms. The van der Waals surface area contributed by atoms with Crippen LogP contribution in [0.1, 0.15) is 17.5 Å². The Morgan fingerprint density at radius 2 is 2.08 bits per heavy atom. The highest BCUT2D eigenvalue weighted by Crippen LogP contribution is 2.31. The van der Waals surface area contributed by atoms with Gasteiger partial charge in [0.25, 0.3) is 0 Å². The zero-order valence-electron chi connectivity index (χ0n) is 13.8. The molecule has 1 fully saturated rings. The molecule has 4 atom stereocenters. The maximum absolute atomic E-state index is 10.2. The zero-order chi connectivity index (χ0) is 18.7. The van der Waals surface area contributed by atoms with E-state index >= 15 is 0 Å². The van der Waals surface area contributed by atoms with Gasteiger partial charge in [-0.05, 0) is 24.1 Å². The van der Waals surface area contributed by atoms with Crippen LogP contribution >= 0.6 is 11.6 Å². The Morgan fingerprint density at radius 1 is 1.27 bits per heavy atom. The second kappa shape index (κ2) is 7.96. The summed E-state index contributed by atoms with van der Waals surface area (Å²) in [4.78, 5) is 12.2. The fraction of sp³-hybridized carbons (Fsp3) is 0.353. The van der Waals surface area contributed by atoms with E-state index in [9.17, 15) is 15.3 Å². The van der Waals surface area contributed by atoms with Gasteiger partial charge in [-0.25, -0.2) is 4.98 Å². The van der Waals surface area contributed by atoms with Gasteiger partial charge in [0.15, 0.2) is 0 Å². The Morgan fingerprint density at radius 3 is 2.73 bits per heavy atom. The van der Waals surface area contributed by atoms with Crippen molar-refractivity contribution < 1.29 is 15.3 Å². The highest BCUT2D eigenvalue weighted by atomic mass is 35.5. The molecule has 0 amide bonds. The molecule has 2 aromatic rings. The summed E-state index contributed by atoms with van der Waals surface area (Å²) >= 11 is 6.22. The van der Waals surface area contributed by atoms with E-state index in [4.69, 9.17) is 17.3 Å². The van der Waals surface area contributed by atoms with Gasteiger partial charge in [0.2, 0.25) is 5.95 Å². The zero-order valence-corrected chi connectivity index (χ0v) is 14.6. The lowest BCUT2D eigenvalue weighted by Gasteiger charge is -2.20. The maximum atomic E-state index is 10.2. The van der Waals surface area contributed by atoms with Gasteiger partial charge < -0.3 is 26.4 Å². The van der Waals surface area contributed by atoms with E-state index in [2.05, 4.69) is 20.3 Å². The normalized spacial score (nSPS) is 25.7. The van der Waals surface area contributed by atoms with Crippen molar-refractivity contribution >= 4 is 35.5 Å². The van der Waals surface area contributed by atoms with Crippen LogP contribution in [0, 0.1) is 5.92 Å². The number of hydrogen-bond donors (Lipinski definition) is 5. The molecule has 138 valence electrons. The molecule has 0 spiro atoms. The number of aliphatic hydroxyl groups is 3. The van der Waals surface area contributed by atoms with Gasteiger partial charge >= 0.3 is 0 Å². The molecule has 1 aliphatic rings. The Bertz CT molecular complexity index is 789. The lowest BCUT2D eigenvalue weighted by Crippen LogP contribution is -2.35. The molecule has 0 aliphatic heterocycles. The number of nitrogens with two attached hydrogens (primary N) is 1. The van der Waals surface area contributed by atoms with Crippen molar-refractivity contribution in [3.05, 3.63) is 40.8 Å². The number of halogens is 1. The summed E-state index contributed by atoms with van der Waals surface area (Å²) in [5.41, 5.74) is 7.06. The van der Waals surface area contributed by atoms with Crippen LogP contribution in [-0.2, 0) is 0 Å². The first-order valence-corrected chi connectivity index (χ1v) is 8.52. The molecule has 0 saturated heterocycles. The Hall–Kier alpha value is -2.26. The van der Waals surface area contributed by atoms with Gasteiger partial charge in [0.1, 0.15) is 17.1 Å². The van der Waals surface area contributed by atoms with Crippen molar-refractivity contribution in [1.29, 1.82) is 0 Å². The average molecular weight is 378 g/mol. The first kappa shape index (κ1) is 18.5. The van der Waals surface area contributed by atoms with Gasteiger partial charge in [0.05, 0.1) is 17.7 Å². The van der Waals surface area contributed by atoms with E-state index in [1.807, 2.05) is 12.1 Å². The average Bonchev–Trinajstić information content (AvgIpc) is 2.89. The van der Waals surface area contributed by atoms with E-state index < -0.39 is 24.2 Å². The third-order valence-corrected chi connectivity index (χ3v) is 4.69.